The molecule has 8 rings (SSSR count). The monoisotopic (exact) mass is 847 g/mol. The smallest absolute Gasteiger partial charge is 0.251 e. The first-order chi connectivity index (χ1) is 28.9. The molecule has 61 heavy (non-hydrogen) atoms. The predicted octanol–water partition coefficient (Wildman–Crippen LogP) is 7.02. The molecule has 4 aromatic carbocycles. The van der Waals surface area contributed by atoms with Gasteiger partial charge in [0.05, 0.1) is 22.2 Å². The highest BCUT2D eigenvalue weighted by Gasteiger charge is 2.30. The van der Waals surface area contributed by atoms with Crippen LogP contribution in [0.1, 0.15) is 50.7 Å². The minimum Gasteiger partial charge on any atom is -0.507 e. The molecular weight excluding hydrogens is 794 g/mol. The molecule has 2 aromatic heterocycles. The number of aromatic nitrogens is 4. The van der Waals surface area contributed by atoms with Crippen molar-refractivity contribution < 1.29 is 30.0 Å². The van der Waals surface area contributed by atoms with Gasteiger partial charge in [-0.2, -0.15) is 0 Å². The molecule has 4 N–H and O–H groups in total. The molecule has 0 saturated carbocycles. The number of aliphatic hydroxyl groups excluding tert-OH is 2. The van der Waals surface area contributed by atoms with Crippen molar-refractivity contribution in [1.82, 2.24) is 24.8 Å². The van der Waals surface area contributed by atoms with E-state index in [1.807, 2.05) is 75.4 Å². The van der Waals surface area contributed by atoms with E-state index in [1.165, 1.54) is 0 Å². The summed E-state index contributed by atoms with van der Waals surface area (Å²) in [6, 6.07) is 26.3. The second-order valence-corrected chi connectivity index (χ2v) is 15.6. The van der Waals surface area contributed by atoms with Crippen molar-refractivity contribution >= 4 is 57.5 Å². The lowest BCUT2D eigenvalue weighted by molar-refractivity contribution is -0.140. The van der Waals surface area contributed by atoms with Crippen molar-refractivity contribution in [3.05, 3.63) is 96.1 Å². The normalized spacial score (nSPS) is 15.5. The van der Waals surface area contributed by atoms with Crippen LogP contribution in [0.2, 0.25) is 0 Å². The molecule has 0 aliphatic carbocycles. The van der Waals surface area contributed by atoms with Crippen LogP contribution < -0.4 is 9.80 Å². The van der Waals surface area contributed by atoms with E-state index in [0.29, 0.717) is 87.7 Å². The molecule has 320 valence electrons. The summed E-state index contributed by atoms with van der Waals surface area (Å²) in [5.74, 6) is 2.49. The third-order valence-corrected chi connectivity index (χ3v) is 11.4. The number of carbonyl (C=O) groups is 2. The number of ketones is 1. The van der Waals surface area contributed by atoms with E-state index in [4.69, 9.17) is 19.9 Å². The summed E-state index contributed by atoms with van der Waals surface area (Å²) < 4.78 is 0. The zero-order chi connectivity index (χ0) is 42.5. The van der Waals surface area contributed by atoms with Crippen LogP contribution >= 0.6 is 12.4 Å². The first-order valence-electron chi connectivity index (χ1n) is 20.8. The quantitative estimate of drug-likeness (QED) is 0.117. The van der Waals surface area contributed by atoms with Crippen molar-refractivity contribution in [3.8, 4) is 34.3 Å². The van der Waals surface area contributed by atoms with E-state index in [2.05, 4.69) is 9.80 Å². The Balaban J connectivity index is 0.000000201. The Bertz CT molecular complexity index is 2330. The Kier molecular flexibility index (Phi) is 14.4. The zero-order valence-electron chi connectivity index (χ0n) is 35.0. The molecule has 0 spiro atoms. The zero-order valence-corrected chi connectivity index (χ0v) is 35.8. The van der Waals surface area contributed by atoms with Crippen LogP contribution in [0.5, 0.6) is 11.5 Å². The van der Waals surface area contributed by atoms with Gasteiger partial charge >= 0.3 is 0 Å². The average molecular weight is 848 g/mol. The van der Waals surface area contributed by atoms with Gasteiger partial charge < -0.3 is 35.1 Å². The standard InChI is InChI=1S/C24H27N3O3.C23H26N4O3.ClH/c1-3-20(28)22(30)16-10-12-27(13-11-16)24-17-9-8-15(2)14-19(17)25-23(26-24)18-6-4-5-7-21(18)29;1-3-19(28)23(30)27-12-10-26(11-13-27)22-16-9-8-15(2)14-18(16)24-21(25-22)17-6-4-5-7-20(17)29;/h4-9,14,16,20,28-29H,3,10-13H2,1-2H3;4-9,14,19,28-29H,3,10-13H2,1-2H3;1H/t20-;19-;/m00./s1. The number of anilines is 2. The van der Waals surface area contributed by atoms with Gasteiger partial charge in [0.25, 0.3) is 5.91 Å². The van der Waals surface area contributed by atoms with Gasteiger partial charge in [-0.3, -0.25) is 9.59 Å². The largest absolute Gasteiger partial charge is 0.507 e. The van der Waals surface area contributed by atoms with Gasteiger partial charge in [0.1, 0.15) is 35.3 Å². The first-order valence-corrected chi connectivity index (χ1v) is 20.8. The molecule has 1 amide bonds. The number of hydrogen-bond acceptors (Lipinski definition) is 12. The van der Waals surface area contributed by atoms with Gasteiger partial charge in [-0.15, -0.1) is 12.4 Å². The van der Waals surface area contributed by atoms with Crippen LogP contribution in [-0.4, -0.2) is 108 Å². The minimum absolute atomic E-state index is 0. The maximum atomic E-state index is 12.4. The summed E-state index contributed by atoms with van der Waals surface area (Å²) >= 11 is 0. The predicted molar refractivity (Wildman–Crippen MR) is 241 cm³/mol. The molecule has 2 aliphatic heterocycles. The molecule has 4 heterocycles. The van der Waals surface area contributed by atoms with Crippen LogP contribution in [0.25, 0.3) is 44.6 Å². The van der Waals surface area contributed by atoms with Gasteiger partial charge in [0.15, 0.2) is 17.4 Å². The van der Waals surface area contributed by atoms with Crippen molar-refractivity contribution in [1.29, 1.82) is 0 Å². The number of carbonyl (C=O) groups excluding carboxylic acids is 2. The Morgan fingerprint density at radius 2 is 1.07 bits per heavy atom. The van der Waals surface area contributed by atoms with Gasteiger partial charge in [-0.05, 0) is 99.2 Å². The number of piperazine rings is 1. The van der Waals surface area contributed by atoms with Crippen LogP contribution in [-0.2, 0) is 9.59 Å². The molecule has 6 aromatic rings. The van der Waals surface area contributed by atoms with E-state index >= 15 is 0 Å². The summed E-state index contributed by atoms with van der Waals surface area (Å²) in [7, 11) is 0. The number of fused-ring (bicyclic) bond motifs is 2. The summed E-state index contributed by atoms with van der Waals surface area (Å²) in [4.78, 5) is 49.8. The van der Waals surface area contributed by atoms with E-state index in [0.717, 1.165) is 44.6 Å². The lowest BCUT2D eigenvalue weighted by atomic mass is 9.89. The number of aryl methyl sites for hydroxylation is 2. The molecule has 2 atom stereocenters. The second kappa shape index (κ2) is 19.7. The second-order valence-electron chi connectivity index (χ2n) is 15.6. The molecule has 2 saturated heterocycles. The number of para-hydroxylation sites is 2. The number of aliphatic hydroxyl groups is 2. The van der Waals surface area contributed by atoms with E-state index < -0.39 is 12.2 Å². The lowest BCUT2D eigenvalue weighted by Crippen LogP contribution is -2.51. The summed E-state index contributed by atoms with van der Waals surface area (Å²) in [5.41, 5.74) is 5.03. The van der Waals surface area contributed by atoms with Crippen LogP contribution in [0.4, 0.5) is 11.6 Å². The van der Waals surface area contributed by atoms with E-state index in [-0.39, 0.29) is 41.5 Å². The topological polar surface area (TPSA) is 176 Å². The number of phenolic OH excluding ortho intramolecular Hbond substituents is 2. The molecule has 0 bridgehead atoms. The van der Waals surface area contributed by atoms with Gasteiger partial charge in [0.2, 0.25) is 0 Å². The number of aromatic hydroxyl groups is 2. The van der Waals surface area contributed by atoms with E-state index in [1.54, 1.807) is 42.2 Å². The van der Waals surface area contributed by atoms with Gasteiger partial charge in [-0.1, -0.05) is 50.2 Å². The average Bonchev–Trinajstić information content (AvgIpc) is 3.27. The molecule has 0 unspecified atom stereocenters. The van der Waals surface area contributed by atoms with Gasteiger partial charge in [-0.25, -0.2) is 19.9 Å². The number of piperidine rings is 1. The van der Waals surface area contributed by atoms with Crippen LogP contribution in [0.15, 0.2) is 84.9 Å². The fourth-order valence-electron chi connectivity index (χ4n) is 7.87. The van der Waals surface area contributed by atoms with Gasteiger partial charge in [0, 0.05) is 56.0 Å². The number of nitrogens with zero attached hydrogens (tertiary/aromatic N) is 7. The summed E-state index contributed by atoms with van der Waals surface area (Å²) in [6.45, 7) is 11.3. The molecule has 2 aliphatic rings. The fourth-order valence-corrected chi connectivity index (χ4v) is 7.87. The number of benzene rings is 4. The highest BCUT2D eigenvalue weighted by atomic mass is 35.5. The van der Waals surface area contributed by atoms with Crippen molar-refractivity contribution in [2.75, 3.05) is 49.1 Å². The summed E-state index contributed by atoms with van der Waals surface area (Å²) in [5, 5.41) is 42.3. The van der Waals surface area contributed by atoms with Crippen molar-refractivity contribution in [2.45, 2.75) is 65.6 Å². The molecule has 0 radical (unpaired) electrons. The molecule has 14 heteroatoms. The Labute approximate surface area is 362 Å². The Morgan fingerprint density at radius 3 is 1.51 bits per heavy atom. The van der Waals surface area contributed by atoms with Crippen LogP contribution in [0, 0.1) is 19.8 Å². The SMILES string of the molecule is CC[C@H](O)C(=O)C1CCN(c2nc(-c3ccccc3O)nc3cc(C)ccc23)CC1.CC[C@H](O)C(=O)N1CCN(c2nc(-c3ccccc3O)nc3cc(C)ccc23)CC1.Cl. The number of halogens is 1. The third kappa shape index (κ3) is 9.85. The summed E-state index contributed by atoms with van der Waals surface area (Å²) in [6.07, 6.45) is 0.458. The number of amides is 1. The fraction of sp³-hybridized carbons (Fsp3) is 0.362. The third-order valence-electron chi connectivity index (χ3n) is 11.4. The van der Waals surface area contributed by atoms with Crippen molar-refractivity contribution in [3.63, 3.8) is 0 Å². The highest BCUT2D eigenvalue weighted by Crippen LogP contribution is 2.35. The first kappa shape index (κ1) is 44.7. The molecule has 13 nitrogen and oxygen atoms in total. The molecular formula is C47H54ClN7O6. The minimum atomic E-state index is -0.938. The maximum Gasteiger partial charge on any atom is 0.251 e. The number of phenols is 2. The number of rotatable bonds is 9. The van der Waals surface area contributed by atoms with Crippen molar-refractivity contribution in [2.24, 2.45) is 5.92 Å². The Hall–Kier alpha value is -5.89. The number of hydrogen-bond donors (Lipinski definition) is 4. The highest BCUT2D eigenvalue weighted by molar-refractivity contribution is 5.93. The molecule has 2 fully saturated rings. The van der Waals surface area contributed by atoms with Crippen LogP contribution in [0.3, 0.4) is 0 Å². The maximum absolute atomic E-state index is 12.4. The lowest BCUT2D eigenvalue weighted by Gasteiger charge is -2.36. The number of Topliss-reactive ketones (excluding diaryl/α,β-unsaturated/α-hetero) is 1. The van der Waals surface area contributed by atoms with E-state index in [9.17, 15) is 30.0 Å². The Morgan fingerprint density at radius 1 is 0.623 bits per heavy atom.